The Morgan fingerprint density at radius 3 is 1.43 bits per heavy atom. The molecule has 5 nitrogen and oxygen atoms in total. The van der Waals surface area contributed by atoms with Crippen LogP contribution in [0.15, 0.2) is 188 Å². The van der Waals surface area contributed by atoms with Gasteiger partial charge in [0.25, 0.3) is 0 Å². The number of benzene rings is 8. The fraction of sp³-hybridized carbons (Fsp3) is 0. The molecule has 0 spiro atoms. The van der Waals surface area contributed by atoms with Gasteiger partial charge >= 0.3 is 0 Å². The molecule has 0 saturated carbocycles. The number of aromatic nitrogens is 5. The van der Waals surface area contributed by atoms with E-state index < -0.39 is 0 Å². The third kappa shape index (κ3) is 4.83. The Labute approximate surface area is 311 Å². The molecular weight excluding hydrogens is 659 g/mol. The molecule has 0 saturated heterocycles. The van der Waals surface area contributed by atoms with Crippen molar-refractivity contribution in [3.05, 3.63) is 188 Å². The van der Waals surface area contributed by atoms with Crippen LogP contribution in [0.2, 0.25) is 0 Å². The van der Waals surface area contributed by atoms with E-state index in [1.807, 2.05) is 30.3 Å². The number of rotatable bonds is 5. The normalized spacial score (nSPS) is 11.7. The van der Waals surface area contributed by atoms with Crippen molar-refractivity contribution < 1.29 is 0 Å². The fourth-order valence-corrected chi connectivity index (χ4v) is 8.04. The molecule has 5 heteroatoms. The zero-order valence-electron chi connectivity index (χ0n) is 29.1. The van der Waals surface area contributed by atoms with Gasteiger partial charge in [-0.15, -0.1) is 0 Å². The second-order valence-corrected chi connectivity index (χ2v) is 13.7. The lowest BCUT2D eigenvalue weighted by atomic mass is 10.1. The molecule has 0 atom stereocenters. The molecule has 0 aliphatic heterocycles. The minimum absolute atomic E-state index is 0.628. The Balaban J connectivity index is 1.09. The Bertz CT molecular complexity index is 3170. The number of hydrogen-bond acceptors (Lipinski definition) is 3. The van der Waals surface area contributed by atoms with Crippen molar-refractivity contribution in [2.24, 2.45) is 0 Å². The van der Waals surface area contributed by atoms with Crippen LogP contribution in [0.3, 0.4) is 0 Å². The molecule has 3 heterocycles. The second kappa shape index (κ2) is 12.1. The highest BCUT2D eigenvalue weighted by Gasteiger charge is 2.18. The first-order chi connectivity index (χ1) is 26.8. The van der Waals surface area contributed by atoms with Crippen molar-refractivity contribution >= 4 is 54.4 Å². The lowest BCUT2D eigenvalue weighted by molar-refractivity contribution is 1.07. The van der Waals surface area contributed by atoms with Crippen molar-refractivity contribution in [3.8, 4) is 45.5 Å². The van der Waals surface area contributed by atoms with Crippen LogP contribution in [0.4, 0.5) is 0 Å². The Kier molecular flexibility index (Phi) is 6.79. The topological polar surface area (TPSA) is 48.5 Å². The van der Waals surface area contributed by atoms with E-state index in [0.717, 1.165) is 44.5 Å². The van der Waals surface area contributed by atoms with E-state index in [0.29, 0.717) is 17.5 Å². The fourth-order valence-electron chi connectivity index (χ4n) is 8.04. The van der Waals surface area contributed by atoms with Crippen LogP contribution in [0, 0.1) is 0 Å². The molecule has 0 bridgehead atoms. The van der Waals surface area contributed by atoms with E-state index >= 15 is 0 Å². The number of nitrogens with zero attached hydrogens (tertiary/aromatic N) is 5. The smallest absolute Gasteiger partial charge is 0.164 e. The molecule has 54 heavy (non-hydrogen) atoms. The highest BCUT2D eigenvalue weighted by atomic mass is 15.0. The molecule has 0 fully saturated rings. The summed E-state index contributed by atoms with van der Waals surface area (Å²) in [7, 11) is 0. The molecular formula is C49H31N5. The maximum absolute atomic E-state index is 5.11. The van der Waals surface area contributed by atoms with Crippen molar-refractivity contribution in [2.45, 2.75) is 0 Å². The van der Waals surface area contributed by atoms with Gasteiger partial charge in [-0.3, -0.25) is 0 Å². The largest absolute Gasteiger partial charge is 0.309 e. The van der Waals surface area contributed by atoms with Gasteiger partial charge in [-0.05, 0) is 65.4 Å². The SMILES string of the molecule is c1ccc(-c2nc(-c3cccc(-n4c5ccccc5c5cc(-n6c7ccccc7c7ccccc76)ccc54)c3)nc(-c3ccc4ccccc4c3)n2)cc1. The highest BCUT2D eigenvalue weighted by molar-refractivity contribution is 6.12. The summed E-state index contributed by atoms with van der Waals surface area (Å²) in [5.41, 5.74) is 9.66. The average Bonchev–Trinajstić information content (AvgIpc) is 3.76. The van der Waals surface area contributed by atoms with Gasteiger partial charge in [-0.25, -0.2) is 15.0 Å². The number of fused-ring (bicyclic) bond motifs is 7. The van der Waals surface area contributed by atoms with E-state index in [1.165, 1.54) is 38.0 Å². The summed E-state index contributed by atoms with van der Waals surface area (Å²) in [6, 6.07) is 66.3. The Morgan fingerprint density at radius 1 is 0.278 bits per heavy atom. The van der Waals surface area contributed by atoms with E-state index in [-0.39, 0.29) is 0 Å². The molecule has 8 aromatic carbocycles. The minimum Gasteiger partial charge on any atom is -0.309 e. The van der Waals surface area contributed by atoms with E-state index in [2.05, 4.69) is 167 Å². The van der Waals surface area contributed by atoms with Gasteiger partial charge in [-0.1, -0.05) is 133 Å². The molecule has 0 aliphatic carbocycles. The molecule has 0 amide bonds. The lowest BCUT2D eigenvalue weighted by Gasteiger charge is -2.12. The third-order valence-corrected chi connectivity index (χ3v) is 10.5. The Hall–Kier alpha value is -7.37. The summed E-state index contributed by atoms with van der Waals surface area (Å²) in [5, 5.41) is 7.23. The quantitative estimate of drug-likeness (QED) is 0.181. The lowest BCUT2D eigenvalue weighted by Crippen LogP contribution is -2.01. The van der Waals surface area contributed by atoms with Gasteiger partial charge in [0.1, 0.15) is 0 Å². The first-order valence-corrected chi connectivity index (χ1v) is 18.2. The van der Waals surface area contributed by atoms with Gasteiger partial charge in [-0.2, -0.15) is 0 Å². The van der Waals surface area contributed by atoms with Crippen molar-refractivity contribution in [3.63, 3.8) is 0 Å². The summed E-state index contributed by atoms with van der Waals surface area (Å²) >= 11 is 0. The van der Waals surface area contributed by atoms with Crippen LogP contribution in [0.25, 0.3) is 99.9 Å². The van der Waals surface area contributed by atoms with Crippen LogP contribution in [0.1, 0.15) is 0 Å². The van der Waals surface area contributed by atoms with E-state index in [4.69, 9.17) is 15.0 Å². The van der Waals surface area contributed by atoms with Crippen LogP contribution in [0.5, 0.6) is 0 Å². The van der Waals surface area contributed by atoms with Gasteiger partial charge in [0.15, 0.2) is 17.5 Å². The molecule has 11 aromatic rings. The second-order valence-electron chi connectivity index (χ2n) is 13.7. The summed E-state index contributed by atoms with van der Waals surface area (Å²) in [4.78, 5) is 15.2. The minimum atomic E-state index is 0.628. The van der Waals surface area contributed by atoms with Crippen LogP contribution in [-0.4, -0.2) is 24.1 Å². The number of hydrogen-bond donors (Lipinski definition) is 0. The average molecular weight is 690 g/mol. The van der Waals surface area contributed by atoms with Crippen LogP contribution in [-0.2, 0) is 0 Å². The zero-order chi connectivity index (χ0) is 35.6. The van der Waals surface area contributed by atoms with Crippen LogP contribution < -0.4 is 0 Å². The zero-order valence-corrected chi connectivity index (χ0v) is 29.1. The first kappa shape index (κ1) is 30.3. The predicted octanol–water partition coefficient (Wildman–Crippen LogP) is 12.2. The predicted molar refractivity (Wildman–Crippen MR) is 222 cm³/mol. The van der Waals surface area contributed by atoms with E-state index in [9.17, 15) is 0 Å². The first-order valence-electron chi connectivity index (χ1n) is 18.2. The molecule has 0 radical (unpaired) electrons. The molecule has 252 valence electrons. The van der Waals surface area contributed by atoms with Crippen molar-refractivity contribution in [1.82, 2.24) is 24.1 Å². The van der Waals surface area contributed by atoms with Crippen LogP contribution >= 0.6 is 0 Å². The van der Waals surface area contributed by atoms with Gasteiger partial charge < -0.3 is 9.13 Å². The highest BCUT2D eigenvalue weighted by Crippen LogP contribution is 2.37. The molecule has 0 N–H and O–H groups in total. The van der Waals surface area contributed by atoms with E-state index in [1.54, 1.807) is 0 Å². The summed E-state index contributed by atoms with van der Waals surface area (Å²) in [6.07, 6.45) is 0. The molecule has 11 rings (SSSR count). The third-order valence-electron chi connectivity index (χ3n) is 10.5. The van der Waals surface area contributed by atoms with Gasteiger partial charge in [0.05, 0.1) is 22.1 Å². The van der Waals surface area contributed by atoms with Crippen molar-refractivity contribution in [1.29, 1.82) is 0 Å². The Morgan fingerprint density at radius 2 is 0.759 bits per heavy atom. The monoisotopic (exact) mass is 689 g/mol. The maximum atomic E-state index is 5.11. The standard InChI is InChI=1S/C49H31N5/c1-2-14-33(15-3-1)47-50-48(52-49(51-47)36-26-25-32-13-4-5-16-34(32)29-36)35-17-12-18-37(30-35)53-45-24-11-8-21-41(45)42-31-38(27-28-46(42)53)54-43-22-9-6-19-39(43)40-20-7-10-23-44(40)54/h1-31H. The van der Waals surface area contributed by atoms with Gasteiger partial charge in [0.2, 0.25) is 0 Å². The number of para-hydroxylation sites is 3. The van der Waals surface area contributed by atoms with Crippen molar-refractivity contribution in [2.75, 3.05) is 0 Å². The summed E-state index contributed by atoms with van der Waals surface area (Å²) < 4.78 is 4.74. The van der Waals surface area contributed by atoms with Gasteiger partial charge in [0, 0.05) is 49.6 Å². The summed E-state index contributed by atoms with van der Waals surface area (Å²) in [5.74, 6) is 1.91. The maximum Gasteiger partial charge on any atom is 0.164 e. The molecule has 3 aromatic heterocycles. The molecule has 0 aliphatic rings. The summed E-state index contributed by atoms with van der Waals surface area (Å²) in [6.45, 7) is 0. The molecule has 0 unspecified atom stereocenters.